The monoisotopic (exact) mass is 1090 g/mol. The Hall–Kier alpha value is -1.40. The molecule has 0 radical (unpaired) electrons. The summed E-state index contributed by atoms with van der Waals surface area (Å²) in [6, 6.07) is -0.540. The normalized spacial score (nSPS) is 12.5. The quantitative estimate of drug-likeness (QED) is 0.0320. The molecule has 2 unspecified atom stereocenters. The topological polar surface area (TPSA) is 95.9 Å². The van der Waals surface area contributed by atoms with Crippen LogP contribution in [-0.4, -0.2) is 47.4 Å². The van der Waals surface area contributed by atoms with E-state index in [9.17, 15) is 19.8 Å². The van der Waals surface area contributed by atoms with Gasteiger partial charge in [0.1, 0.15) is 0 Å². The number of rotatable bonds is 67. The summed E-state index contributed by atoms with van der Waals surface area (Å²) in [6.07, 6.45) is 82.5. The van der Waals surface area contributed by atoms with E-state index in [1.807, 2.05) is 0 Å². The number of hydrogen-bond acceptors (Lipinski definition) is 5. The average Bonchev–Trinajstić information content (AvgIpc) is 3.43. The fourth-order valence-electron chi connectivity index (χ4n) is 11.4. The van der Waals surface area contributed by atoms with E-state index in [0.717, 1.165) is 44.9 Å². The molecule has 0 aliphatic heterocycles. The van der Waals surface area contributed by atoms with Crippen molar-refractivity contribution < 1.29 is 24.5 Å². The molecule has 2 atom stereocenters. The molecule has 0 heterocycles. The molecule has 458 valence electrons. The first-order chi connectivity index (χ1) is 38.0. The second kappa shape index (κ2) is 67.1. The molecule has 0 aromatic heterocycles. The second-order valence-electron chi connectivity index (χ2n) is 24.6. The molecule has 0 saturated carbocycles. The van der Waals surface area contributed by atoms with Crippen LogP contribution in [0, 0.1) is 0 Å². The van der Waals surface area contributed by atoms with Crippen molar-refractivity contribution in [3.8, 4) is 0 Å². The van der Waals surface area contributed by atoms with Crippen molar-refractivity contribution in [1.82, 2.24) is 5.32 Å². The highest BCUT2D eigenvalue weighted by atomic mass is 16.5. The van der Waals surface area contributed by atoms with Crippen LogP contribution >= 0.6 is 0 Å². The lowest BCUT2D eigenvalue weighted by molar-refractivity contribution is -0.143. The van der Waals surface area contributed by atoms with Gasteiger partial charge in [-0.25, -0.2) is 0 Å². The second-order valence-corrected chi connectivity index (χ2v) is 24.6. The molecular formula is C71H139NO5. The number of ether oxygens (including phenoxy) is 1. The molecule has 3 N–H and O–H groups in total. The van der Waals surface area contributed by atoms with Gasteiger partial charge in [0.25, 0.3) is 0 Å². The van der Waals surface area contributed by atoms with Crippen LogP contribution in [0.2, 0.25) is 0 Å². The largest absolute Gasteiger partial charge is 0.466 e. The SMILES string of the molecule is CCCCCCCC/C=C\CCCCCCCCCC(=O)OCCCCCCCCCCCCCCCCCCCCCCCCCCCC(=O)NC(CO)C(O)CCCCCCCCCCCCCCCCCCCC. The number of amides is 1. The van der Waals surface area contributed by atoms with E-state index in [4.69, 9.17) is 4.74 Å². The summed E-state index contributed by atoms with van der Waals surface area (Å²) < 4.78 is 5.50. The van der Waals surface area contributed by atoms with Gasteiger partial charge in [-0.2, -0.15) is 0 Å². The molecule has 6 nitrogen and oxygen atoms in total. The predicted molar refractivity (Wildman–Crippen MR) is 338 cm³/mol. The van der Waals surface area contributed by atoms with Crippen molar-refractivity contribution in [1.29, 1.82) is 0 Å². The lowest BCUT2D eigenvalue weighted by atomic mass is 10.0. The van der Waals surface area contributed by atoms with Crippen molar-refractivity contribution in [3.63, 3.8) is 0 Å². The zero-order valence-corrected chi connectivity index (χ0v) is 52.5. The summed E-state index contributed by atoms with van der Waals surface area (Å²) in [5.41, 5.74) is 0. The molecule has 0 spiro atoms. The number of carbonyl (C=O) groups is 2. The van der Waals surface area contributed by atoms with E-state index in [0.29, 0.717) is 25.9 Å². The Balaban J connectivity index is 3.35. The number of carbonyl (C=O) groups excluding carboxylic acids is 2. The fourth-order valence-corrected chi connectivity index (χ4v) is 11.4. The first-order valence-corrected chi connectivity index (χ1v) is 35.4. The third-order valence-corrected chi connectivity index (χ3v) is 16.8. The van der Waals surface area contributed by atoms with Gasteiger partial charge in [-0.15, -0.1) is 0 Å². The molecule has 0 rings (SSSR count). The van der Waals surface area contributed by atoms with Crippen LogP contribution in [0.1, 0.15) is 406 Å². The van der Waals surface area contributed by atoms with Crippen LogP contribution in [-0.2, 0) is 14.3 Å². The maximum Gasteiger partial charge on any atom is 0.305 e. The van der Waals surface area contributed by atoms with Gasteiger partial charge in [0, 0.05) is 12.8 Å². The molecule has 0 aromatic rings. The summed E-state index contributed by atoms with van der Waals surface area (Å²) in [4.78, 5) is 24.6. The lowest BCUT2D eigenvalue weighted by Gasteiger charge is -2.22. The maximum atomic E-state index is 12.5. The fraction of sp³-hybridized carbons (Fsp3) is 0.944. The minimum atomic E-state index is -0.663. The van der Waals surface area contributed by atoms with Crippen molar-refractivity contribution in [2.24, 2.45) is 0 Å². The van der Waals surface area contributed by atoms with E-state index >= 15 is 0 Å². The van der Waals surface area contributed by atoms with Gasteiger partial charge in [-0.3, -0.25) is 9.59 Å². The van der Waals surface area contributed by atoms with Crippen molar-refractivity contribution in [3.05, 3.63) is 12.2 Å². The smallest absolute Gasteiger partial charge is 0.305 e. The van der Waals surface area contributed by atoms with E-state index in [1.165, 1.54) is 327 Å². The highest BCUT2D eigenvalue weighted by Gasteiger charge is 2.20. The van der Waals surface area contributed by atoms with Crippen LogP contribution in [0.3, 0.4) is 0 Å². The van der Waals surface area contributed by atoms with Crippen molar-refractivity contribution in [2.75, 3.05) is 13.2 Å². The van der Waals surface area contributed by atoms with Crippen LogP contribution in [0.15, 0.2) is 12.2 Å². The number of aliphatic hydroxyl groups excluding tert-OH is 2. The van der Waals surface area contributed by atoms with Gasteiger partial charge in [0.05, 0.1) is 25.4 Å². The van der Waals surface area contributed by atoms with Gasteiger partial charge in [0.2, 0.25) is 5.91 Å². The Kier molecular flexibility index (Phi) is 65.9. The molecule has 0 aromatic carbocycles. The standard InChI is InChI=1S/C71H139NO5/c1-3-5-7-9-11-13-15-17-19-21-32-35-39-43-47-51-55-59-63-69(74)68(67-73)72-70(75)64-60-56-52-48-44-40-36-33-29-27-25-23-22-24-26-28-30-34-38-42-46-50-54-58-62-66-77-71(76)65-61-57-53-49-45-41-37-31-20-18-16-14-12-10-8-6-4-2/h18,20,68-69,73-74H,3-17,19,21-67H2,1-2H3,(H,72,75)/b20-18-. The zero-order chi connectivity index (χ0) is 55.7. The van der Waals surface area contributed by atoms with E-state index < -0.39 is 12.1 Å². The summed E-state index contributed by atoms with van der Waals surface area (Å²) in [5.74, 6) is -0.0147. The number of hydrogen-bond donors (Lipinski definition) is 3. The number of aliphatic hydroxyl groups is 2. The van der Waals surface area contributed by atoms with E-state index in [-0.39, 0.29) is 18.5 Å². The molecule has 0 saturated heterocycles. The van der Waals surface area contributed by atoms with Crippen LogP contribution in [0.25, 0.3) is 0 Å². The maximum absolute atomic E-state index is 12.5. The Labute approximate surface area is 482 Å². The molecule has 0 aliphatic rings. The average molecular weight is 1090 g/mol. The third kappa shape index (κ3) is 63.6. The lowest BCUT2D eigenvalue weighted by Crippen LogP contribution is -2.45. The van der Waals surface area contributed by atoms with Gasteiger partial charge < -0.3 is 20.3 Å². The molecule has 0 aliphatic carbocycles. The Morgan fingerprint density at radius 3 is 0.922 bits per heavy atom. The number of allylic oxidation sites excluding steroid dienone is 2. The highest BCUT2D eigenvalue weighted by Crippen LogP contribution is 2.19. The van der Waals surface area contributed by atoms with Gasteiger partial charge in [-0.1, -0.05) is 353 Å². The van der Waals surface area contributed by atoms with Gasteiger partial charge >= 0.3 is 5.97 Å². The van der Waals surface area contributed by atoms with E-state index in [2.05, 4.69) is 31.3 Å². The van der Waals surface area contributed by atoms with Crippen LogP contribution in [0.4, 0.5) is 0 Å². The molecule has 0 fully saturated rings. The van der Waals surface area contributed by atoms with Crippen LogP contribution < -0.4 is 5.32 Å². The van der Waals surface area contributed by atoms with Crippen molar-refractivity contribution in [2.45, 2.75) is 418 Å². The van der Waals surface area contributed by atoms with Gasteiger partial charge in [-0.05, 0) is 51.4 Å². The van der Waals surface area contributed by atoms with E-state index in [1.54, 1.807) is 0 Å². The molecule has 6 heteroatoms. The third-order valence-electron chi connectivity index (χ3n) is 16.8. The van der Waals surface area contributed by atoms with Gasteiger partial charge in [0.15, 0.2) is 0 Å². The summed E-state index contributed by atoms with van der Waals surface area (Å²) >= 11 is 0. The zero-order valence-electron chi connectivity index (χ0n) is 52.5. The summed E-state index contributed by atoms with van der Waals surface area (Å²) in [6.45, 7) is 4.99. The summed E-state index contributed by atoms with van der Waals surface area (Å²) in [7, 11) is 0. The highest BCUT2D eigenvalue weighted by molar-refractivity contribution is 5.76. The Morgan fingerprint density at radius 2 is 0.610 bits per heavy atom. The molecule has 1 amide bonds. The molecule has 0 bridgehead atoms. The minimum Gasteiger partial charge on any atom is -0.466 e. The predicted octanol–water partition coefficient (Wildman–Crippen LogP) is 22.8. The molecule has 77 heavy (non-hydrogen) atoms. The number of unbranched alkanes of at least 4 members (excludes halogenated alkanes) is 54. The van der Waals surface area contributed by atoms with Crippen LogP contribution in [0.5, 0.6) is 0 Å². The Morgan fingerprint density at radius 1 is 0.351 bits per heavy atom. The molecular weight excluding hydrogens is 947 g/mol. The first kappa shape index (κ1) is 75.6. The minimum absolute atomic E-state index is 0.0142. The first-order valence-electron chi connectivity index (χ1n) is 35.4. The number of esters is 1. The summed E-state index contributed by atoms with van der Waals surface area (Å²) in [5, 5.41) is 23.4. The van der Waals surface area contributed by atoms with Crippen molar-refractivity contribution >= 4 is 11.9 Å². The number of nitrogens with one attached hydrogen (secondary N) is 1. The Bertz CT molecular complexity index is 1160.